The van der Waals surface area contributed by atoms with Crippen LogP contribution in [0.15, 0.2) is 30.3 Å². The van der Waals surface area contributed by atoms with Gasteiger partial charge in [0.05, 0.1) is 13.1 Å². The monoisotopic (exact) mass is 412 g/mol. The van der Waals surface area contributed by atoms with Crippen LogP contribution in [0.25, 0.3) is 5.57 Å². The third-order valence-corrected chi connectivity index (χ3v) is 5.67. The van der Waals surface area contributed by atoms with E-state index in [-0.39, 0.29) is 30.5 Å². The highest BCUT2D eigenvalue weighted by Crippen LogP contribution is 2.33. The van der Waals surface area contributed by atoms with Crippen LogP contribution < -0.4 is 10.2 Å². The Bertz CT molecular complexity index is 926. The summed E-state index contributed by atoms with van der Waals surface area (Å²) >= 11 is 0. The Balaban J connectivity index is 1.44. The number of fused-ring (bicyclic) bond motifs is 1. The lowest BCUT2D eigenvalue weighted by atomic mass is 9.94. The number of urea groups is 1. The standard InChI is InChI=1S/C21H24N4O5/c1-3-23-19(27)18-10-15(8-9-24(18)20(23)28)14-4-6-16(7-5-14)25-12-17(30-21(25)29)11-22-13(2)26/h4-8,17-18H,3,9-12H2,1-2H3,(H,22,26). The van der Waals surface area contributed by atoms with Crippen molar-refractivity contribution in [1.29, 1.82) is 0 Å². The summed E-state index contributed by atoms with van der Waals surface area (Å²) in [6.45, 7) is 4.64. The van der Waals surface area contributed by atoms with Crippen molar-refractivity contribution >= 4 is 35.2 Å². The van der Waals surface area contributed by atoms with Gasteiger partial charge in [-0.25, -0.2) is 9.59 Å². The molecular weight excluding hydrogens is 388 g/mol. The first kappa shape index (κ1) is 19.9. The molecule has 9 heteroatoms. The maximum atomic E-state index is 12.5. The Morgan fingerprint density at radius 2 is 1.93 bits per heavy atom. The van der Waals surface area contributed by atoms with Gasteiger partial charge in [0.25, 0.3) is 5.91 Å². The Morgan fingerprint density at radius 3 is 2.60 bits per heavy atom. The van der Waals surface area contributed by atoms with E-state index in [1.807, 2.05) is 30.3 Å². The van der Waals surface area contributed by atoms with Gasteiger partial charge in [0.2, 0.25) is 5.91 Å². The Labute approximate surface area is 174 Å². The van der Waals surface area contributed by atoms with Gasteiger partial charge in [-0.05, 0) is 30.2 Å². The molecule has 2 unspecified atom stereocenters. The van der Waals surface area contributed by atoms with Crippen molar-refractivity contribution in [3.63, 3.8) is 0 Å². The van der Waals surface area contributed by atoms with Gasteiger partial charge in [0, 0.05) is 32.1 Å². The molecule has 0 bridgehead atoms. The molecule has 2 fully saturated rings. The summed E-state index contributed by atoms with van der Waals surface area (Å²) in [6.07, 6.45) is 1.62. The van der Waals surface area contributed by atoms with Gasteiger partial charge in [-0.1, -0.05) is 18.2 Å². The summed E-state index contributed by atoms with van der Waals surface area (Å²) in [7, 11) is 0. The zero-order valence-electron chi connectivity index (χ0n) is 17.0. The molecule has 0 aliphatic carbocycles. The maximum Gasteiger partial charge on any atom is 0.414 e. The van der Waals surface area contributed by atoms with Crippen molar-refractivity contribution in [3.8, 4) is 0 Å². The molecule has 1 N–H and O–H groups in total. The third-order valence-electron chi connectivity index (χ3n) is 5.67. The molecule has 30 heavy (non-hydrogen) atoms. The minimum absolute atomic E-state index is 0.144. The summed E-state index contributed by atoms with van der Waals surface area (Å²) < 4.78 is 5.30. The van der Waals surface area contributed by atoms with E-state index in [0.29, 0.717) is 31.7 Å². The van der Waals surface area contributed by atoms with E-state index in [4.69, 9.17) is 4.74 Å². The number of nitrogens with one attached hydrogen (secondary N) is 1. The predicted octanol–water partition coefficient (Wildman–Crippen LogP) is 1.59. The molecule has 0 saturated carbocycles. The first-order valence-electron chi connectivity index (χ1n) is 10.0. The van der Waals surface area contributed by atoms with E-state index in [1.165, 1.54) is 16.7 Å². The fraction of sp³-hybridized carbons (Fsp3) is 0.429. The van der Waals surface area contributed by atoms with Crippen molar-refractivity contribution in [3.05, 3.63) is 35.9 Å². The highest BCUT2D eigenvalue weighted by atomic mass is 16.6. The van der Waals surface area contributed by atoms with Crippen LogP contribution in [0.1, 0.15) is 25.8 Å². The van der Waals surface area contributed by atoms with Gasteiger partial charge in [-0.3, -0.25) is 19.4 Å². The fourth-order valence-corrected chi connectivity index (χ4v) is 4.08. The minimum atomic E-state index is -0.444. The van der Waals surface area contributed by atoms with Crippen LogP contribution in [-0.2, 0) is 14.3 Å². The first-order valence-corrected chi connectivity index (χ1v) is 10.0. The molecule has 9 nitrogen and oxygen atoms in total. The summed E-state index contributed by atoms with van der Waals surface area (Å²) in [5.41, 5.74) is 2.67. The van der Waals surface area contributed by atoms with Crippen LogP contribution in [0.5, 0.6) is 0 Å². The molecule has 158 valence electrons. The second-order valence-corrected chi connectivity index (χ2v) is 7.57. The topological polar surface area (TPSA) is 99.3 Å². The highest BCUT2D eigenvalue weighted by molar-refractivity contribution is 6.05. The predicted molar refractivity (Wildman–Crippen MR) is 109 cm³/mol. The molecule has 2 atom stereocenters. The summed E-state index contributed by atoms with van der Waals surface area (Å²) in [6, 6.07) is 6.82. The van der Waals surface area contributed by atoms with Crippen LogP contribution in [0.4, 0.5) is 15.3 Å². The summed E-state index contributed by atoms with van der Waals surface area (Å²) in [5, 5.41) is 2.66. The highest BCUT2D eigenvalue weighted by Gasteiger charge is 2.45. The lowest BCUT2D eigenvalue weighted by Crippen LogP contribution is -2.38. The fourth-order valence-electron chi connectivity index (χ4n) is 4.08. The summed E-state index contributed by atoms with van der Waals surface area (Å²) in [5.74, 6) is -0.313. The zero-order valence-corrected chi connectivity index (χ0v) is 17.0. The third kappa shape index (κ3) is 3.51. The molecule has 1 aromatic carbocycles. The van der Waals surface area contributed by atoms with Crippen LogP contribution in [0.3, 0.4) is 0 Å². The average molecular weight is 412 g/mol. The number of likely N-dealkylation sites (N-methyl/N-ethyl adjacent to an activating group) is 1. The van der Waals surface area contributed by atoms with Gasteiger partial charge in [-0.15, -0.1) is 0 Å². The Morgan fingerprint density at radius 1 is 1.20 bits per heavy atom. The number of anilines is 1. The van der Waals surface area contributed by atoms with Crippen LogP contribution in [0.2, 0.25) is 0 Å². The molecule has 0 radical (unpaired) electrons. The van der Waals surface area contributed by atoms with Gasteiger partial charge in [0.1, 0.15) is 12.1 Å². The van der Waals surface area contributed by atoms with Gasteiger partial charge >= 0.3 is 12.1 Å². The van der Waals surface area contributed by atoms with Crippen LogP contribution >= 0.6 is 0 Å². The summed E-state index contributed by atoms with van der Waals surface area (Å²) in [4.78, 5) is 52.4. The Kier molecular flexibility index (Phi) is 5.19. The average Bonchev–Trinajstić information content (AvgIpc) is 3.23. The van der Waals surface area contributed by atoms with Crippen molar-refractivity contribution in [2.75, 3.05) is 31.1 Å². The van der Waals surface area contributed by atoms with Gasteiger partial charge in [-0.2, -0.15) is 0 Å². The number of carbonyl (C=O) groups excluding carboxylic acids is 4. The zero-order chi connectivity index (χ0) is 21.4. The second kappa shape index (κ2) is 7.81. The van der Waals surface area contributed by atoms with Crippen LogP contribution in [-0.4, -0.2) is 72.1 Å². The molecule has 2 saturated heterocycles. The number of benzene rings is 1. The largest absolute Gasteiger partial charge is 0.442 e. The van der Waals surface area contributed by atoms with Crippen molar-refractivity contribution in [2.24, 2.45) is 0 Å². The van der Waals surface area contributed by atoms with Crippen molar-refractivity contribution in [2.45, 2.75) is 32.4 Å². The number of amides is 5. The number of cyclic esters (lactones) is 1. The maximum absolute atomic E-state index is 12.5. The number of hydrogen-bond donors (Lipinski definition) is 1. The number of imide groups is 1. The van der Waals surface area contributed by atoms with Gasteiger partial charge in [0.15, 0.2) is 0 Å². The number of hydrogen-bond acceptors (Lipinski definition) is 5. The number of nitrogens with zero attached hydrogens (tertiary/aromatic N) is 3. The second-order valence-electron chi connectivity index (χ2n) is 7.57. The van der Waals surface area contributed by atoms with E-state index in [1.54, 1.807) is 11.8 Å². The molecule has 0 aromatic heterocycles. The van der Waals surface area contributed by atoms with E-state index < -0.39 is 12.1 Å². The van der Waals surface area contributed by atoms with E-state index in [2.05, 4.69) is 5.32 Å². The molecule has 3 heterocycles. The normalized spacial score (nSPS) is 23.5. The molecule has 4 rings (SSSR count). The van der Waals surface area contributed by atoms with Gasteiger partial charge < -0.3 is 15.0 Å². The molecule has 3 aliphatic rings. The molecular formula is C21H24N4O5. The van der Waals surface area contributed by atoms with E-state index in [0.717, 1.165) is 11.1 Å². The molecule has 1 aromatic rings. The number of carbonyl (C=O) groups is 4. The number of rotatable bonds is 5. The first-order chi connectivity index (χ1) is 14.4. The lowest BCUT2D eigenvalue weighted by Gasteiger charge is -2.26. The quantitative estimate of drug-likeness (QED) is 0.741. The van der Waals surface area contributed by atoms with E-state index >= 15 is 0 Å². The van der Waals surface area contributed by atoms with Crippen molar-refractivity contribution < 1.29 is 23.9 Å². The SMILES string of the molecule is CCN1C(=O)C2CC(c3ccc(N4CC(CNC(C)=O)OC4=O)cc3)=CCN2C1=O. The van der Waals surface area contributed by atoms with Crippen LogP contribution in [0, 0.1) is 0 Å². The minimum Gasteiger partial charge on any atom is -0.442 e. The van der Waals surface area contributed by atoms with Crippen molar-refractivity contribution in [1.82, 2.24) is 15.1 Å². The number of ether oxygens (including phenoxy) is 1. The molecule has 0 spiro atoms. The lowest BCUT2D eigenvalue weighted by molar-refractivity contribution is -0.128. The molecule has 5 amide bonds. The smallest absolute Gasteiger partial charge is 0.414 e. The van der Waals surface area contributed by atoms with E-state index in [9.17, 15) is 19.2 Å². The Hall–Kier alpha value is -3.36. The molecule has 3 aliphatic heterocycles.